The predicted octanol–water partition coefficient (Wildman–Crippen LogP) is 2.32. The van der Waals surface area contributed by atoms with Gasteiger partial charge in [-0.25, -0.2) is 0 Å². The summed E-state index contributed by atoms with van der Waals surface area (Å²) in [5, 5.41) is 8.74. The average Bonchev–Trinajstić information content (AvgIpc) is 2.35. The van der Waals surface area contributed by atoms with Crippen molar-refractivity contribution in [1.82, 2.24) is 4.90 Å². The van der Waals surface area contributed by atoms with Gasteiger partial charge in [0, 0.05) is 13.2 Å². The highest BCUT2D eigenvalue weighted by Gasteiger charge is 2.01. The molecular weight excluding hydrogens is 198 g/mol. The molecule has 0 spiro atoms. The highest BCUT2D eigenvalue weighted by molar-refractivity contribution is 5.14. The van der Waals surface area contributed by atoms with Crippen LogP contribution in [0.4, 0.5) is 0 Å². The summed E-state index contributed by atoms with van der Waals surface area (Å²) in [5.74, 6) is 0. The van der Waals surface area contributed by atoms with E-state index in [9.17, 15) is 0 Å². The number of aliphatic hydroxyl groups excluding tert-OH is 1. The minimum Gasteiger partial charge on any atom is -0.396 e. The van der Waals surface area contributed by atoms with Crippen LogP contribution in [0.1, 0.15) is 25.3 Å². The smallest absolute Gasteiger partial charge is 0.0431 e. The summed E-state index contributed by atoms with van der Waals surface area (Å²) in [5.41, 5.74) is 1.41. The van der Waals surface area contributed by atoms with Gasteiger partial charge in [0.1, 0.15) is 0 Å². The van der Waals surface area contributed by atoms with Gasteiger partial charge in [0.05, 0.1) is 0 Å². The number of unbranched alkanes of at least 4 members (excludes halogenated alkanes) is 1. The molecule has 2 heteroatoms. The molecule has 16 heavy (non-hydrogen) atoms. The molecule has 1 rings (SSSR count). The third kappa shape index (κ3) is 5.29. The van der Waals surface area contributed by atoms with E-state index >= 15 is 0 Å². The number of likely N-dealkylation sites (N-methyl/N-ethyl adjacent to an activating group) is 1. The number of aliphatic hydroxyl groups is 1. The monoisotopic (exact) mass is 221 g/mol. The lowest BCUT2D eigenvalue weighted by atomic mass is 10.1. The molecule has 0 aliphatic heterocycles. The van der Waals surface area contributed by atoms with Crippen LogP contribution in [0.15, 0.2) is 30.3 Å². The molecule has 0 heterocycles. The van der Waals surface area contributed by atoms with Crippen LogP contribution in [0.25, 0.3) is 0 Å². The van der Waals surface area contributed by atoms with Gasteiger partial charge in [-0.05, 0) is 37.9 Å². The molecule has 0 aliphatic rings. The van der Waals surface area contributed by atoms with Crippen molar-refractivity contribution < 1.29 is 5.11 Å². The zero-order chi connectivity index (χ0) is 11.6. The summed E-state index contributed by atoms with van der Waals surface area (Å²) in [6.07, 6.45) is 3.13. The van der Waals surface area contributed by atoms with Crippen LogP contribution in [-0.2, 0) is 6.42 Å². The van der Waals surface area contributed by atoms with Crippen molar-refractivity contribution >= 4 is 0 Å². The molecule has 90 valence electrons. The molecule has 0 fully saturated rings. The summed E-state index contributed by atoms with van der Waals surface area (Å²) in [6, 6.07) is 10.6. The highest BCUT2D eigenvalue weighted by Crippen LogP contribution is 2.02. The maximum absolute atomic E-state index is 8.74. The maximum atomic E-state index is 8.74. The van der Waals surface area contributed by atoms with Crippen molar-refractivity contribution in [1.29, 1.82) is 0 Å². The average molecular weight is 221 g/mol. The zero-order valence-electron chi connectivity index (χ0n) is 10.2. The first kappa shape index (κ1) is 13.2. The summed E-state index contributed by atoms with van der Waals surface area (Å²) in [7, 11) is 0. The molecule has 0 bridgehead atoms. The van der Waals surface area contributed by atoms with Gasteiger partial charge in [-0.1, -0.05) is 37.3 Å². The normalized spacial score (nSPS) is 10.9. The van der Waals surface area contributed by atoms with Gasteiger partial charge < -0.3 is 10.0 Å². The Bertz CT molecular complexity index is 261. The predicted molar refractivity (Wildman–Crippen MR) is 68.6 cm³/mol. The summed E-state index contributed by atoms with van der Waals surface area (Å²) in [6.45, 7) is 5.83. The van der Waals surface area contributed by atoms with E-state index in [0.29, 0.717) is 6.61 Å². The van der Waals surface area contributed by atoms with E-state index in [-0.39, 0.29) is 0 Å². The molecular formula is C14H23NO. The molecule has 0 amide bonds. The first-order valence-corrected chi connectivity index (χ1v) is 6.24. The Morgan fingerprint density at radius 1 is 1.06 bits per heavy atom. The van der Waals surface area contributed by atoms with Gasteiger partial charge in [0.2, 0.25) is 0 Å². The minimum atomic E-state index is 0.316. The standard InChI is InChI=1S/C14H23NO/c1-2-15(11-6-7-13-16)12-10-14-8-4-3-5-9-14/h3-5,8-9,16H,2,6-7,10-13H2,1H3. The molecule has 1 aromatic rings. The molecule has 0 aromatic heterocycles. The van der Waals surface area contributed by atoms with Crippen molar-refractivity contribution in [3.8, 4) is 0 Å². The second-order valence-electron chi connectivity index (χ2n) is 4.10. The van der Waals surface area contributed by atoms with E-state index in [0.717, 1.165) is 38.9 Å². The van der Waals surface area contributed by atoms with E-state index in [1.54, 1.807) is 0 Å². The molecule has 0 atom stereocenters. The summed E-state index contributed by atoms with van der Waals surface area (Å²) in [4.78, 5) is 2.45. The third-order valence-electron chi connectivity index (χ3n) is 2.89. The Labute approximate surface area is 98.9 Å². The van der Waals surface area contributed by atoms with Gasteiger partial charge in [-0.15, -0.1) is 0 Å². The molecule has 2 nitrogen and oxygen atoms in total. The summed E-state index contributed by atoms with van der Waals surface area (Å²) >= 11 is 0. The van der Waals surface area contributed by atoms with E-state index in [4.69, 9.17) is 5.11 Å². The number of nitrogens with zero attached hydrogens (tertiary/aromatic N) is 1. The third-order valence-corrected chi connectivity index (χ3v) is 2.89. The fraction of sp³-hybridized carbons (Fsp3) is 0.571. The fourth-order valence-electron chi connectivity index (χ4n) is 1.81. The lowest BCUT2D eigenvalue weighted by molar-refractivity contribution is 0.249. The van der Waals surface area contributed by atoms with Gasteiger partial charge in [0.25, 0.3) is 0 Å². The number of hydrogen-bond donors (Lipinski definition) is 1. The maximum Gasteiger partial charge on any atom is 0.0431 e. The van der Waals surface area contributed by atoms with Gasteiger partial charge in [0.15, 0.2) is 0 Å². The second kappa shape index (κ2) is 8.31. The molecule has 0 radical (unpaired) electrons. The van der Waals surface area contributed by atoms with Crippen LogP contribution in [0, 0.1) is 0 Å². The molecule has 0 aliphatic carbocycles. The van der Waals surface area contributed by atoms with Crippen LogP contribution >= 0.6 is 0 Å². The fourth-order valence-corrected chi connectivity index (χ4v) is 1.81. The Morgan fingerprint density at radius 2 is 1.81 bits per heavy atom. The molecule has 0 saturated carbocycles. The van der Waals surface area contributed by atoms with Gasteiger partial charge in [-0.3, -0.25) is 0 Å². The Morgan fingerprint density at radius 3 is 2.44 bits per heavy atom. The largest absolute Gasteiger partial charge is 0.396 e. The van der Waals surface area contributed by atoms with Crippen LogP contribution in [0.5, 0.6) is 0 Å². The van der Waals surface area contributed by atoms with Crippen molar-refractivity contribution in [3.63, 3.8) is 0 Å². The van der Waals surface area contributed by atoms with Crippen molar-refractivity contribution in [3.05, 3.63) is 35.9 Å². The first-order valence-electron chi connectivity index (χ1n) is 6.24. The Hall–Kier alpha value is -0.860. The number of rotatable bonds is 8. The van der Waals surface area contributed by atoms with Crippen LogP contribution < -0.4 is 0 Å². The highest BCUT2D eigenvalue weighted by atomic mass is 16.2. The number of hydrogen-bond acceptors (Lipinski definition) is 2. The van der Waals surface area contributed by atoms with E-state index in [1.165, 1.54) is 5.56 Å². The van der Waals surface area contributed by atoms with E-state index in [2.05, 4.69) is 42.2 Å². The molecule has 1 aromatic carbocycles. The van der Waals surface area contributed by atoms with Crippen molar-refractivity contribution in [2.24, 2.45) is 0 Å². The first-order chi connectivity index (χ1) is 7.86. The summed E-state index contributed by atoms with van der Waals surface area (Å²) < 4.78 is 0. The minimum absolute atomic E-state index is 0.316. The second-order valence-corrected chi connectivity index (χ2v) is 4.10. The zero-order valence-corrected chi connectivity index (χ0v) is 10.2. The molecule has 0 unspecified atom stereocenters. The molecule has 0 saturated heterocycles. The van der Waals surface area contributed by atoms with Gasteiger partial charge >= 0.3 is 0 Å². The van der Waals surface area contributed by atoms with E-state index in [1.807, 2.05) is 0 Å². The van der Waals surface area contributed by atoms with Crippen LogP contribution in [0.2, 0.25) is 0 Å². The Balaban J connectivity index is 2.23. The van der Waals surface area contributed by atoms with E-state index < -0.39 is 0 Å². The lowest BCUT2D eigenvalue weighted by Gasteiger charge is -2.20. The van der Waals surface area contributed by atoms with Gasteiger partial charge in [-0.2, -0.15) is 0 Å². The quantitative estimate of drug-likeness (QED) is 0.681. The molecule has 1 N–H and O–H groups in total. The number of benzene rings is 1. The van der Waals surface area contributed by atoms with Crippen molar-refractivity contribution in [2.75, 3.05) is 26.2 Å². The van der Waals surface area contributed by atoms with Crippen molar-refractivity contribution in [2.45, 2.75) is 26.2 Å². The van der Waals surface area contributed by atoms with Crippen LogP contribution in [-0.4, -0.2) is 36.2 Å². The SMILES string of the molecule is CCN(CCCCO)CCc1ccccc1. The Kier molecular flexibility index (Phi) is 6.86. The van der Waals surface area contributed by atoms with Crippen LogP contribution in [0.3, 0.4) is 0 Å². The lowest BCUT2D eigenvalue weighted by Crippen LogP contribution is -2.27. The topological polar surface area (TPSA) is 23.5 Å².